The molecule has 0 rings (SSSR count). The average molecular weight is 117 g/mol. The number of rotatable bonds is 2. The van der Waals surface area contributed by atoms with Crippen LogP contribution in [0.1, 0.15) is 13.8 Å². The van der Waals surface area contributed by atoms with Gasteiger partial charge in [-0.2, -0.15) is 0 Å². The maximum absolute atomic E-state index is 4.37. The molecule has 0 aromatic heterocycles. The first-order valence-electron chi connectivity index (χ1n) is 1.88. The lowest BCUT2D eigenvalue weighted by Gasteiger charge is -1.83. The van der Waals surface area contributed by atoms with E-state index in [1.165, 1.54) is 0 Å². The van der Waals surface area contributed by atoms with Crippen molar-refractivity contribution >= 4 is 23.5 Å². The van der Waals surface area contributed by atoms with Gasteiger partial charge in [0.1, 0.15) is 0 Å². The van der Waals surface area contributed by atoms with Gasteiger partial charge >= 0.3 is 0 Å². The summed E-state index contributed by atoms with van der Waals surface area (Å²) in [6, 6.07) is 0. The van der Waals surface area contributed by atoms with E-state index in [1.807, 2.05) is 13.8 Å². The number of hydrogen-bond acceptors (Lipinski definition) is 3. The van der Waals surface area contributed by atoms with Crippen molar-refractivity contribution in [2.24, 2.45) is 5.16 Å². The summed E-state index contributed by atoms with van der Waals surface area (Å²) in [5, 5.41) is 3.50. The molecule has 7 heavy (non-hydrogen) atoms. The lowest BCUT2D eigenvalue weighted by Crippen LogP contribution is -1.81. The monoisotopic (exact) mass is 117 g/mol. The van der Waals surface area contributed by atoms with Crippen LogP contribution in [0.5, 0.6) is 0 Å². The quantitative estimate of drug-likeness (QED) is 0.309. The third-order valence-corrected chi connectivity index (χ3v) is 0.364. The predicted octanol–water partition coefficient (Wildman–Crippen LogP) is 1.36. The molecule has 0 radical (unpaired) electrons. The third kappa shape index (κ3) is 5.56. The van der Waals surface area contributed by atoms with Crippen LogP contribution in [0.15, 0.2) is 5.16 Å². The molecule has 0 atom stereocenters. The molecule has 0 aliphatic heterocycles. The highest BCUT2D eigenvalue weighted by Crippen LogP contribution is 1.73. The van der Waals surface area contributed by atoms with Gasteiger partial charge in [0.25, 0.3) is 0 Å². The smallest absolute Gasteiger partial charge is 0.185 e. The summed E-state index contributed by atoms with van der Waals surface area (Å²) >= 11 is 4.32. The van der Waals surface area contributed by atoms with Gasteiger partial charge in [0.2, 0.25) is 0 Å². The fourth-order valence-electron chi connectivity index (χ4n) is 0.127. The maximum atomic E-state index is 4.37. The molecule has 0 aliphatic carbocycles. The van der Waals surface area contributed by atoms with Gasteiger partial charge in [-0.3, -0.25) is 0 Å². The van der Waals surface area contributed by atoms with E-state index >= 15 is 0 Å². The van der Waals surface area contributed by atoms with E-state index in [2.05, 4.69) is 22.2 Å². The third-order valence-electron chi connectivity index (χ3n) is 0.278. The first kappa shape index (κ1) is 6.56. The second-order valence-corrected chi connectivity index (χ2v) is 1.43. The van der Waals surface area contributed by atoms with Gasteiger partial charge in [-0.05, 0) is 26.1 Å². The molecule has 0 aromatic carbocycles. The van der Waals surface area contributed by atoms with Gasteiger partial charge in [0.15, 0.2) is 5.55 Å². The summed E-state index contributed by atoms with van der Waals surface area (Å²) in [6.07, 6.45) is 0. The van der Waals surface area contributed by atoms with Crippen LogP contribution >= 0.6 is 12.2 Å². The van der Waals surface area contributed by atoms with Crippen LogP contribution in [0.4, 0.5) is 0 Å². The van der Waals surface area contributed by atoms with Gasteiger partial charge < -0.3 is 4.84 Å². The Bertz CT molecular complexity index is 85.7. The minimum atomic E-state index is 0.862. The zero-order chi connectivity index (χ0) is 5.70. The number of oxime groups is 1. The Kier molecular flexibility index (Phi) is 3.50. The van der Waals surface area contributed by atoms with Gasteiger partial charge in [0, 0.05) is 0 Å². The van der Waals surface area contributed by atoms with Crippen molar-refractivity contribution in [2.45, 2.75) is 13.8 Å². The highest BCUT2D eigenvalue weighted by atomic mass is 32.1. The Morgan fingerprint density at radius 2 is 2.29 bits per heavy atom. The Hall–Kier alpha value is -0.440. The topological polar surface area (TPSA) is 21.6 Å². The molecule has 0 saturated carbocycles. The van der Waals surface area contributed by atoms with Gasteiger partial charge in [-0.1, -0.05) is 5.16 Å². The normalized spacial score (nSPS) is 7.14. The van der Waals surface area contributed by atoms with Crippen LogP contribution in [0, 0.1) is 0 Å². The first-order valence-corrected chi connectivity index (χ1v) is 2.35. The van der Waals surface area contributed by atoms with E-state index in [0.717, 1.165) is 11.3 Å². The molecule has 0 saturated heterocycles. The van der Waals surface area contributed by atoms with Crippen LogP contribution < -0.4 is 0 Å². The Labute approximate surface area is 48.2 Å². The van der Waals surface area contributed by atoms with E-state index in [-0.39, 0.29) is 0 Å². The van der Waals surface area contributed by atoms with Gasteiger partial charge in [0.05, 0.1) is 5.71 Å². The molecule has 0 unspecified atom stereocenters. The standard InChI is InChI=1S/C4H7NOS/c1-4(2)5-6-3-7/h3H,1-2H3. The summed E-state index contributed by atoms with van der Waals surface area (Å²) in [4.78, 5) is 4.37. The van der Waals surface area contributed by atoms with E-state index < -0.39 is 0 Å². The fraction of sp³-hybridized carbons (Fsp3) is 0.500. The van der Waals surface area contributed by atoms with Crippen molar-refractivity contribution in [3.63, 3.8) is 0 Å². The molecule has 0 aromatic rings. The molecule has 0 N–H and O–H groups in total. The number of thiocarbonyl (C=S) groups is 1. The molecular formula is C4H7NOS. The zero-order valence-corrected chi connectivity index (χ0v) is 5.16. The summed E-state index contributed by atoms with van der Waals surface area (Å²) < 4.78 is 0. The molecule has 0 bridgehead atoms. The number of hydrogen-bond donors (Lipinski definition) is 0. The second-order valence-electron chi connectivity index (χ2n) is 1.24. The van der Waals surface area contributed by atoms with Crippen LogP contribution in [0.3, 0.4) is 0 Å². The SMILES string of the molecule is CC(C)=NOC=S. The van der Waals surface area contributed by atoms with Crippen LogP contribution in [-0.4, -0.2) is 11.3 Å². The van der Waals surface area contributed by atoms with E-state index in [4.69, 9.17) is 0 Å². The molecular weight excluding hydrogens is 110 g/mol. The molecule has 0 fully saturated rings. The van der Waals surface area contributed by atoms with E-state index in [0.29, 0.717) is 0 Å². The average Bonchev–Trinajstić information content (AvgIpc) is 1.61. The summed E-state index contributed by atoms with van der Waals surface area (Å²) in [7, 11) is 0. The minimum Gasteiger partial charge on any atom is -0.353 e. The van der Waals surface area contributed by atoms with Crippen molar-refractivity contribution in [1.82, 2.24) is 0 Å². The van der Waals surface area contributed by atoms with E-state index in [9.17, 15) is 0 Å². The number of nitrogens with zero attached hydrogens (tertiary/aromatic N) is 1. The highest BCUT2D eigenvalue weighted by molar-refractivity contribution is 7.78. The summed E-state index contributed by atoms with van der Waals surface area (Å²) in [5.74, 6) is 0. The molecule has 2 nitrogen and oxygen atoms in total. The zero-order valence-electron chi connectivity index (χ0n) is 4.34. The summed E-state index contributed by atoms with van der Waals surface area (Å²) in [6.45, 7) is 3.66. The van der Waals surface area contributed by atoms with Gasteiger partial charge in [-0.15, -0.1) is 0 Å². The van der Waals surface area contributed by atoms with Crippen molar-refractivity contribution in [3.8, 4) is 0 Å². The fourth-order valence-corrected chi connectivity index (χ4v) is 0.170. The largest absolute Gasteiger partial charge is 0.353 e. The Morgan fingerprint density at radius 1 is 1.71 bits per heavy atom. The molecule has 0 spiro atoms. The molecule has 0 amide bonds. The van der Waals surface area contributed by atoms with Crippen LogP contribution in [0.25, 0.3) is 0 Å². The molecule has 40 valence electrons. The Balaban J connectivity index is 3.25. The highest BCUT2D eigenvalue weighted by Gasteiger charge is 1.71. The van der Waals surface area contributed by atoms with Gasteiger partial charge in [-0.25, -0.2) is 0 Å². The van der Waals surface area contributed by atoms with Crippen molar-refractivity contribution in [3.05, 3.63) is 0 Å². The van der Waals surface area contributed by atoms with Crippen LogP contribution in [-0.2, 0) is 4.84 Å². The van der Waals surface area contributed by atoms with E-state index in [1.54, 1.807) is 0 Å². The van der Waals surface area contributed by atoms with Crippen molar-refractivity contribution in [2.75, 3.05) is 0 Å². The summed E-state index contributed by atoms with van der Waals surface area (Å²) in [5.41, 5.74) is 1.98. The molecule has 3 heteroatoms. The minimum absolute atomic E-state index is 0.862. The molecule has 0 aliphatic rings. The Morgan fingerprint density at radius 3 is 2.43 bits per heavy atom. The lowest BCUT2D eigenvalue weighted by atomic mass is 10.5. The lowest BCUT2D eigenvalue weighted by molar-refractivity contribution is 0.352. The van der Waals surface area contributed by atoms with Crippen LogP contribution in [0.2, 0.25) is 0 Å². The van der Waals surface area contributed by atoms with Crippen molar-refractivity contribution in [1.29, 1.82) is 0 Å². The first-order chi connectivity index (χ1) is 3.27. The van der Waals surface area contributed by atoms with Crippen molar-refractivity contribution < 1.29 is 4.84 Å². The maximum Gasteiger partial charge on any atom is 0.185 e. The molecule has 0 heterocycles. The second kappa shape index (κ2) is 3.74. The predicted molar refractivity (Wildman–Crippen MR) is 33.5 cm³/mol.